The van der Waals surface area contributed by atoms with Gasteiger partial charge in [0, 0.05) is 29.2 Å². The summed E-state index contributed by atoms with van der Waals surface area (Å²) in [5, 5.41) is 0.554. The van der Waals surface area contributed by atoms with Gasteiger partial charge in [0.2, 0.25) is 0 Å². The average molecular weight is 372 g/mol. The van der Waals surface area contributed by atoms with E-state index in [1.165, 1.54) is 0 Å². The predicted octanol–water partition coefficient (Wildman–Crippen LogP) is 3.47. The van der Waals surface area contributed by atoms with Crippen LogP contribution in [0.25, 0.3) is 17.0 Å². The molecule has 2 aromatic rings. The van der Waals surface area contributed by atoms with Crippen molar-refractivity contribution in [2.75, 3.05) is 6.54 Å². The third kappa shape index (κ3) is 3.26. The van der Waals surface area contributed by atoms with Gasteiger partial charge >= 0.3 is 5.97 Å². The predicted molar refractivity (Wildman–Crippen MR) is 102 cm³/mol. The van der Waals surface area contributed by atoms with Crippen LogP contribution in [-0.2, 0) is 21.4 Å². The molecule has 3 rings (SSSR count). The molecule has 1 aliphatic heterocycles. The second-order valence-corrected chi connectivity index (χ2v) is 7.37. The van der Waals surface area contributed by atoms with Gasteiger partial charge in [-0.05, 0) is 44.7 Å². The molecule has 0 bridgehead atoms. The SMILES string of the molecule is Cc1c(/C=C2\SC(=O)N(CC(=O)OC(C)C)C2=O)c2ccccc2n1C. The highest BCUT2D eigenvalue weighted by atomic mass is 32.2. The fraction of sp³-hybridized carbons (Fsp3) is 0.316. The molecule has 0 N–H and O–H groups in total. The Morgan fingerprint density at radius 3 is 2.65 bits per heavy atom. The molecule has 0 unspecified atom stereocenters. The van der Waals surface area contributed by atoms with Crippen LogP contribution in [0.5, 0.6) is 0 Å². The van der Waals surface area contributed by atoms with Crippen LogP contribution in [-0.4, -0.2) is 39.2 Å². The van der Waals surface area contributed by atoms with Crippen LogP contribution in [0.1, 0.15) is 25.1 Å². The van der Waals surface area contributed by atoms with Crippen molar-refractivity contribution in [3.63, 3.8) is 0 Å². The number of hydrogen-bond acceptors (Lipinski definition) is 5. The van der Waals surface area contributed by atoms with E-state index in [4.69, 9.17) is 4.74 Å². The maximum absolute atomic E-state index is 12.6. The van der Waals surface area contributed by atoms with Gasteiger partial charge in [-0.25, -0.2) is 0 Å². The third-order valence-corrected chi connectivity index (χ3v) is 5.16. The zero-order valence-electron chi connectivity index (χ0n) is 15.1. The van der Waals surface area contributed by atoms with Crippen molar-refractivity contribution in [1.29, 1.82) is 0 Å². The van der Waals surface area contributed by atoms with E-state index in [2.05, 4.69) is 0 Å². The number of imide groups is 1. The normalized spacial score (nSPS) is 16.3. The molecule has 1 saturated heterocycles. The Hall–Kier alpha value is -2.54. The summed E-state index contributed by atoms with van der Waals surface area (Å²) in [5.74, 6) is -1.06. The van der Waals surface area contributed by atoms with E-state index < -0.39 is 17.1 Å². The molecule has 1 fully saturated rings. The van der Waals surface area contributed by atoms with Gasteiger partial charge in [0.25, 0.3) is 11.1 Å². The second kappa shape index (κ2) is 6.99. The van der Waals surface area contributed by atoms with E-state index in [0.717, 1.165) is 38.8 Å². The first kappa shape index (κ1) is 18.3. The van der Waals surface area contributed by atoms with E-state index in [0.29, 0.717) is 4.91 Å². The number of carbonyl (C=O) groups is 3. The number of benzene rings is 1. The second-order valence-electron chi connectivity index (χ2n) is 6.38. The van der Waals surface area contributed by atoms with Crippen molar-refractivity contribution in [3.8, 4) is 0 Å². The van der Waals surface area contributed by atoms with E-state index in [1.807, 2.05) is 42.8 Å². The zero-order valence-corrected chi connectivity index (χ0v) is 15.9. The van der Waals surface area contributed by atoms with E-state index in [1.54, 1.807) is 19.9 Å². The highest BCUT2D eigenvalue weighted by Crippen LogP contribution is 2.35. The number of ether oxygens (including phenoxy) is 1. The Kier molecular flexibility index (Phi) is 4.91. The van der Waals surface area contributed by atoms with Crippen LogP contribution in [0.4, 0.5) is 4.79 Å². The largest absolute Gasteiger partial charge is 0.462 e. The molecule has 26 heavy (non-hydrogen) atoms. The number of nitrogens with zero attached hydrogens (tertiary/aromatic N) is 2. The maximum Gasteiger partial charge on any atom is 0.326 e. The topological polar surface area (TPSA) is 68.6 Å². The molecular weight excluding hydrogens is 352 g/mol. The number of hydrogen-bond donors (Lipinski definition) is 0. The minimum Gasteiger partial charge on any atom is -0.462 e. The Morgan fingerprint density at radius 2 is 1.96 bits per heavy atom. The summed E-state index contributed by atoms with van der Waals surface area (Å²) in [6, 6.07) is 7.89. The summed E-state index contributed by atoms with van der Waals surface area (Å²) in [6.45, 7) is 5.04. The molecule has 0 aliphatic carbocycles. The number of esters is 1. The monoisotopic (exact) mass is 372 g/mol. The van der Waals surface area contributed by atoms with Gasteiger partial charge in [-0.15, -0.1) is 0 Å². The van der Waals surface area contributed by atoms with E-state index in [9.17, 15) is 14.4 Å². The fourth-order valence-corrected chi connectivity index (χ4v) is 3.75. The van der Waals surface area contributed by atoms with Crippen molar-refractivity contribution in [2.45, 2.75) is 26.9 Å². The Morgan fingerprint density at radius 1 is 1.27 bits per heavy atom. The van der Waals surface area contributed by atoms with Crippen LogP contribution in [0.3, 0.4) is 0 Å². The van der Waals surface area contributed by atoms with Crippen molar-refractivity contribution >= 4 is 45.9 Å². The Bertz CT molecular complexity index is 942. The maximum atomic E-state index is 12.6. The summed E-state index contributed by atoms with van der Waals surface area (Å²) in [5.41, 5.74) is 2.95. The molecule has 1 aliphatic rings. The summed E-state index contributed by atoms with van der Waals surface area (Å²) < 4.78 is 7.07. The number of para-hydroxylation sites is 1. The lowest BCUT2D eigenvalue weighted by molar-refractivity contribution is -0.149. The van der Waals surface area contributed by atoms with Crippen LogP contribution >= 0.6 is 11.8 Å². The minimum atomic E-state index is -0.593. The number of rotatable bonds is 4. The fourth-order valence-electron chi connectivity index (χ4n) is 2.93. The molecule has 0 atom stereocenters. The molecule has 0 spiro atoms. The summed E-state index contributed by atoms with van der Waals surface area (Å²) in [6.07, 6.45) is 1.44. The van der Waals surface area contributed by atoms with Crippen molar-refractivity contribution in [2.24, 2.45) is 7.05 Å². The first-order valence-corrected chi connectivity index (χ1v) is 9.10. The molecular formula is C19H20N2O4S. The summed E-state index contributed by atoms with van der Waals surface area (Å²) >= 11 is 0.846. The van der Waals surface area contributed by atoms with Gasteiger partial charge in [-0.3, -0.25) is 19.3 Å². The third-order valence-electron chi connectivity index (χ3n) is 4.25. The molecule has 7 heteroatoms. The molecule has 136 valence electrons. The lowest BCUT2D eigenvalue weighted by atomic mass is 10.1. The average Bonchev–Trinajstić information content (AvgIpc) is 2.98. The first-order chi connectivity index (χ1) is 12.3. The molecule has 6 nitrogen and oxygen atoms in total. The van der Waals surface area contributed by atoms with Crippen LogP contribution in [0, 0.1) is 6.92 Å². The van der Waals surface area contributed by atoms with Crippen LogP contribution in [0.2, 0.25) is 0 Å². The van der Waals surface area contributed by atoms with Crippen molar-refractivity contribution < 1.29 is 19.1 Å². The van der Waals surface area contributed by atoms with Gasteiger partial charge in [-0.1, -0.05) is 18.2 Å². The minimum absolute atomic E-state index is 0.295. The first-order valence-electron chi connectivity index (χ1n) is 8.28. The highest BCUT2D eigenvalue weighted by Gasteiger charge is 2.37. The number of amides is 2. The number of fused-ring (bicyclic) bond motifs is 1. The van der Waals surface area contributed by atoms with Gasteiger partial charge in [0.1, 0.15) is 6.54 Å². The van der Waals surface area contributed by atoms with Crippen molar-refractivity contribution in [1.82, 2.24) is 9.47 Å². The quantitative estimate of drug-likeness (QED) is 0.607. The lowest BCUT2D eigenvalue weighted by Gasteiger charge is -2.13. The standard InChI is InChI=1S/C19H20N2O4S/c1-11(2)25-17(22)10-21-18(23)16(26-19(21)24)9-14-12(3)20(4)15-8-6-5-7-13(14)15/h5-9,11H,10H2,1-4H3/b16-9-. The molecule has 2 amide bonds. The smallest absolute Gasteiger partial charge is 0.326 e. The van der Waals surface area contributed by atoms with Gasteiger partial charge in [0.05, 0.1) is 11.0 Å². The zero-order chi connectivity index (χ0) is 19.0. The highest BCUT2D eigenvalue weighted by molar-refractivity contribution is 8.18. The Balaban J connectivity index is 1.92. The van der Waals surface area contributed by atoms with E-state index in [-0.39, 0.29) is 12.6 Å². The van der Waals surface area contributed by atoms with Crippen molar-refractivity contribution in [3.05, 3.63) is 40.4 Å². The van der Waals surface area contributed by atoms with Gasteiger partial charge in [-0.2, -0.15) is 0 Å². The number of aromatic nitrogens is 1. The Labute approximate surface area is 155 Å². The summed E-state index contributed by atoms with van der Waals surface area (Å²) in [4.78, 5) is 37.8. The van der Waals surface area contributed by atoms with E-state index >= 15 is 0 Å². The molecule has 2 heterocycles. The summed E-state index contributed by atoms with van der Waals surface area (Å²) in [7, 11) is 1.96. The van der Waals surface area contributed by atoms with Gasteiger partial charge < -0.3 is 9.30 Å². The molecule has 0 radical (unpaired) electrons. The number of aryl methyl sites for hydroxylation is 1. The number of carbonyl (C=O) groups excluding carboxylic acids is 3. The molecule has 0 saturated carbocycles. The molecule has 1 aromatic carbocycles. The van der Waals surface area contributed by atoms with Crippen LogP contribution in [0.15, 0.2) is 29.2 Å². The van der Waals surface area contributed by atoms with Gasteiger partial charge in [0.15, 0.2) is 0 Å². The van der Waals surface area contributed by atoms with Crippen LogP contribution < -0.4 is 0 Å². The number of thioether (sulfide) groups is 1. The lowest BCUT2D eigenvalue weighted by Crippen LogP contribution is -2.35. The molecule has 1 aromatic heterocycles.